The number of pyridine rings is 1. The summed E-state index contributed by atoms with van der Waals surface area (Å²) in [5.74, 6) is -0.742. The Bertz CT molecular complexity index is 1010. The first kappa shape index (κ1) is 19.7. The fraction of sp³-hybridized carbons (Fsp3) is 0.417. The molecule has 0 spiro atoms. The van der Waals surface area contributed by atoms with Crippen LogP contribution in [0.15, 0.2) is 42.1 Å². The van der Waals surface area contributed by atoms with Crippen LogP contribution < -0.4 is 5.32 Å². The number of aliphatic carboxylic acids is 1. The molecule has 30 heavy (non-hydrogen) atoms. The summed E-state index contributed by atoms with van der Waals surface area (Å²) in [4.78, 5) is 18.5. The van der Waals surface area contributed by atoms with E-state index in [9.17, 15) is 9.90 Å². The lowest BCUT2D eigenvalue weighted by atomic mass is 9.88. The number of halogens is 1. The normalized spacial score (nSPS) is 24.3. The molecule has 1 aromatic heterocycles. The largest absolute Gasteiger partial charge is 0.480 e. The number of nitrogens with one attached hydrogen (secondary N) is 1. The highest BCUT2D eigenvalue weighted by Gasteiger charge is 2.34. The summed E-state index contributed by atoms with van der Waals surface area (Å²) in [7, 11) is 0. The molecule has 0 amide bonds. The Hall–Kier alpha value is -2.21. The zero-order valence-corrected chi connectivity index (χ0v) is 17.7. The van der Waals surface area contributed by atoms with Crippen molar-refractivity contribution < 1.29 is 9.90 Å². The van der Waals surface area contributed by atoms with Gasteiger partial charge in [0.25, 0.3) is 0 Å². The Morgan fingerprint density at radius 3 is 2.70 bits per heavy atom. The fourth-order valence-corrected chi connectivity index (χ4v) is 5.42. The number of hydrogen-bond donors (Lipinski definition) is 2. The maximum absolute atomic E-state index is 11.3. The Labute approximate surface area is 181 Å². The van der Waals surface area contributed by atoms with E-state index in [2.05, 4.69) is 28.4 Å². The van der Waals surface area contributed by atoms with Gasteiger partial charge in [0, 0.05) is 42.5 Å². The number of aromatic nitrogens is 1. The van der Waals surface area contributed by atoms with E-state index in [1.807, 2.05) is 18.3 Å². The van der Waals surface area contributed by atoms with Gasteiger partial charge in [-0.2, -0.15) is 0 Å². The zero-order valence-electron chi connectivity index (χ0n) is 16.9. The minimum atomic E-state index is -0.742. The summed E-state index contributed by atoms with van der Waals surface area (Å²) in [6.07, 6.45) is 6.51. The highest BCUT2D eigenvalue weighted by molar-refractivity contribution is 6.30. The summed E-state index contributed by atoms with van der Waals surface area (Å²) in [5.41, 5.74) is 7.75. The van der Waals surface area contributed by atoms with Crippen molar-refractivity contribution in [1.29, 1.82) is 0 Å². The summed E-state index contributed by atoms with van der Waals surface area (Å²) < 4.78 is 0. The number of benzene rings is 1. The quantitative estimate of drug-likeness (QED) is 0.773. The molecule has 3 aliphatic rings. The first-order valence-electron chi connectivity index (χ1n) is 10.8. The van der Waals surface area contributed by atoms with Gasteiger partial charge in [0.05, 0.1) is 5.69 Å². The van der Waals surface area contributed by atoms with Crippen LogP contribution in [0.1, 0.15) is 41.6 Å². The molecule has 0 bridgehead atoms. The van der Waals surface area contributed by atoms with Crippen molar-refractivity contribution in [3.8, 4) is 0 Å². The minimum Gasteiger partial charge on any atom is -0.480 e. The molecular weight excluding hydrogens is 398 g/mol. The molecular formula is C24H26ClN3O2. The third-order valence-electron chi connectivity index (χ3n) is 6.81. The Morgan fingerprint density at radius 1 is 1.13 bits per heavy atom. The van der Waals surface area contributed by atoms with Gasteiger partial charge in [-0.05, 0) is 67.0 Å². The first-order valence-corrected chi connectivity index (χ1v) is 11.1. The summed E-state index contributed by atoms with van der Waals surface area (Å²) in [6, 6.07) is 10.4. The van der Waals surface area contributed by atoms with Crippen LogP contribution in [-0.2, 0) is 17.6 Å². The Balaban J connectivity index is 1.46. The molecule has 2 fully saturated rings. The van der Waals surface area contributed by atoms with Gasteiger partial charge in [-0.1, -0.05) is 29.3 Å². The van der Waals surface area contributed by atoms with E-state index in [4.69, 9.17) is 16.6 Å². The molecule has 0 saturated carbocycles. The third-order valence-corrected chi connectivity index (χ3v) is 7.04. The molecule has 1 aliphatic carbocycles. The molecule has 2 aromatic rings. The van der Waals surface area contributed by atoms with Crippen molar-refractivity contribution in [3.63, 3.8) is 0 Å². The van der Waals surface area contributed by atoms with Gasteiger partial charge in [0.1, 0.15) is 6.04 Å². The second-order valence-corrected chi connectivity index (χ2v) is 8.95. The van der Waals surface area contributed by atoms with Crippen molar-refractivity contribution in [2.75, 3.05) is 19.6 Å². The molecule has 156 valence electrons. The lowest BCUT2D eigenvalue weighted by Gasteiger charge is -2.34. The van der Waals surface area contributed by atoms with Crippen LogP contribution in [0.25, 0.3) is 5.57 Å². The van der Waals surface area contributed by atoms with Gasteiger partial charge < -0.3 is 10.4 Å². The van der Waals surface area contributed by atoms with E-state index >= 15 is 0 Å². The first-order chi connectivity index (χ1) is 14.6. The number of fused-ring (bicyclic) bond motifs is 2. The van der Waals surface area contributed by atoms with Crippen LogP contribution in [0.3, 0.4) is 0 Å². The number of carbonyl (C=O) groups is 1. The minimum absolute atomic E-state index is 0.309. The van der Waals surface area contributed by atoms with E-state index < -0.39 is 12.0 Å². The molecule has 5 rings (SSSR count). The number of nitrogens with zero attached hydrogens (tertiary/aromatic N) is 2. The smallest absolute Gasteiger partial charge is 0.320 e. The number of carboxylic acid groups (broad SMARTS) is 1. The summed E-state index contributed by atoms with van der Waals surface area (Å²) in [5, 5.41) is 13.2. The van der Waals surface area contributed by atoms with Crippen LogP contribution in [0.2, 0.25) is 5.02 Å². The molecule has 2 atom stereocenters. The molecule has 2 aliphatic heterocycles. The van der Waals surface area contributed by atoms with Crippen LogP contribution in [0.5, 0.6) is 0 Å². The van der Waals surface area contributed by atoms with Gasteiger partial charge in [-0.25, -0.2) is 0 Å². The van der Waals surface area contributed by atoms with E-state index in [-0.39, 0.29) is 0 Å². The molecule has 3 heterocycles. The van der Waals surface area contributed by atoms with E-state index in [1.54, 1.807) is 0 Å². The molecule has 2 saturated heterocycles. The van der Waals surface area contributed by atoms with Crippen LogP contribution in [0, 0.1) is 0 Å². The van der Waals surface area contributed by atoms with Gasteiger partial charge in [0.2, 0.25) is 0 Å². The zero-order chi connectivity index (χ0) is 20.7. The van der Waals surface area contributed by atoms with Crippen molar-refractivity contribution in [3.05, 3.63) is 69.5 Å². The van der Waals surface area contributed by atoms with E-state index in [0.717, 1.165) is 56.0 Å². The highest BCUT2D eigenvalue weighted by atomic mass is 35.5. The maximum Gasteiger partial charge on any atom is 0.320 e. The molecule has 1 aromatic carbocycles. The number of rotatable bonds is 2. The molecule has 0 radical (unpaired) electrons. The number of hydrogen-bond acceptors (Lipinski definition) is 4. The van der Waals surface area contributed by atoms with Crippen LogP contribution in [-0.4, -0.2) is 52.7 Å². The maximum atomic E-state index is 11.3. The van der Waals surface area contributed by atoms with Crippen LogP contribution >= 0.6 is 11.6 Å². The lowest BCUT2D eigenvalue weighted by Crippen LogP contribution is -2.41. The predicted molar refractivity (Wildman–Crippen MR) is 118 cm³/mol. The molecule has 2 N–H and O–H groups in total. The lowest BCUT2D eigenvalue weighted by molar-refractivity contribution is -0.139. The Kier molecular flexibility index (Phi) is 5.35. The van der Waals surface area contributed by atoms with Crippen molar-refractivity contribution in [2.45, 2.75) is 44.2 Å². The fourth-order valence-electron chi connectivity index (χ4n) is 5.23. The van der Waals surface area contributed by atoms with Crippen LogP contribution in [0.4, 0.5) is 0 Å². The summed E-state index contributed by atoms with van der Waals surface area (Å²) in [6.45, 7) is 2.68. The standard InChI is InChI=1S/C24H26ClN3O2/c25-18-5-6-20-17(12-18)4-3-16-2-1-9-26-23(16)22(20)15-7-10-28(11-8-15)19-13-21(24(29)30)27-14-19/h1-2,5-6,9,12,19,21,27H,3-4,7-8,10-11,13-14H2,(H,29,30)/t19-,21+/m1/s1. The topological polar surface area (TPSA) is 65.5 Å². The van der Waals surface area contributed by atoms with Crippen molar-refractivity contribution in [1.82, 2.24) is 15.2 Å². The van der Waals surface area contributed by atoms with E-state index in [1.165, 1.54) is 27.8 Å². The van der Waals surface area contributed by atoms with Gasteiger partial charge in [-0.3, -0.25) is 14.7 Å². The van der Waals surface area contributed by atoms with Gasteiger partial charge in [-0.15, -0.1) is 0 Å². The predicted octanol–water partition coefficient (Wildman–Crippen LogP) is 3.55. The van der Waals surface area contributed by atoms with Gasteiger partial charge >= 0.3 is 5.97 Å². The monoisotopic (exact) mass is 423 g/mol. The van der Waals surface area contributed by atoms with Crippen molar-refractivity contribution >= 4 is 23.1 Å². The molecule has 5 nitrogen and oxygen atoms in total. The molecule has 0 unspecified atom stereocenters. The van der Waals surface area contributed by atoms with E-state index in [0.29, 0.717) is 12.5 Å². The second-order valence-electron chi connectivity index (χ2n) is 8.52. The average Bonchev–Trinajstić information content (AvgIpc) is 3.20. The second kappa shape index (κ2) is 8.14. The van der Waals surface area contributed by atoms with Crippen molar-refractivity contribution in [2.24, 2.45) is 0 Å². The number of piperidine rings is 1. The average molecular weight is 424 g/mol. The number of likely N-dealkylation sites (tertiary alicyclic amines) is 1. The number of carboxylic acids is 1. The third kappa shape index (κ3) is 3.66. The Morgan fingerprint density at radius 2 is 1.93 bits per heavy atom. The summed E-state index contributed by atoms with van der Waals surface area (Å²) >= 11 is 6.31. The number of aryl methyl sites for hydroxylation is 2. The highest BCUT2D eigenvalue weighted by Crippen LogP contribution is 2.38. The molecule has 6 heteroatoms. The SMILES string of the molecule is O=C(O)[C@@H]1C[C@@H](N2CCC(=C3c4ccc(Cl)cc4CCc4cccnc43)CC2)CN1. The van der Waals surface area contributed by atoms with Gasteiger partial charge in [0.15, 0.2) is 0 Å².